The van der Waals surface area contributed by atoms with Gasteiger partial charge < -0.3 is 25.2 Å². The number of carbonyl (C=O) groups is 2. The minimum Gasteiger partial charge on any atom is -0.483 e. The van der Waals surface area contributed by atoms with Crippen LogP contribution in [0.4, 0.5) is 5.82 Å². The van der Waals surface area contributed by atoms with Gasteiger partial charge in [0.15, 0.2) is 5.82 Å². The molecule has 9 heteroatoms. The summed E-state index contributed by atoms with van der Waals surface area (Å²) in [7, 11) is 0. The summed E-state index contributed by atoms with van der Waals surface area (Å²) in [5, 5.41) is 32.2. The van der Waals surface area contributed by atoms with Crippen LogP contribution in [0.1, 0.15) is 45.2 Å². The van der Waals surface area contributed by atoms with E-state index in [1.54, 1.807) is 0 Å². The number of carbonyl (C=O) groups excluding carboxylic acids is 1. The Morgan fingerprint density at radius 3 is 2.50 bits per heavy atom. The standard InChI is InChI=1S/C22H30N4O3.CH2O2/c1-4-18(27)23-21(3)11-14-29-22(20(21)28)9-12-26(13-10-22)19-17-8-6-5-7-16(17)15(2)24-25-19;2-1-3/h5-8,20,28H,4,9-14H2,1-3H3,(H,23,27);1H,(H,2,3)/t20-,21+;/m1./s1. The molecule has 0 aliphatic carbocycles. The van der Waals surface area contributed by atoms with Crippen LogP contribution < -0.4 is 10.2 Å². The molecule has 1 aromatic carbocycles. The zero-order valence-electron chi connectivity index (χ0n) is 18.9. The number of nitrogens with one attached hydrogen (secondary N) is 1. The number of fused-ring (bicyclic) bond motifs is 1. The number of hydrogen-bond donors (Lipinski definition) is 3. The van der Waals surface area contributed by atoms with Crippen molar-refractivity contribution in [2.24, 2.45) is 0 Å². The Balaban J connectivity index is 0.000000913. The van der Waals surface area contributed by atoms with Gasteiger partial charge >= 0.3 is 0 Å². The maximum atomic E-state index is 12.0. The second-order valence-electron chi connectivity index (χ2n) is 8.63. The Morgan fingerprint density at radius 1 is 1.25 bits per heavy atom. The van der Waals surface area contributed by atoms with Crippen LogP contribution in [-0.4, -0.2) is 69.7 Å². The zero-order chi connectivity index (χ0) is 23.4. The second-order valence-corrected chi connectivity index (χ2v) is 8.63. The topological polar surface area (TPSA) is 125 Å². The van der Waals surface area contributed by atoms with E-state index in [4.69, 9.17) is 14.6 Å². The summed E-state index contributed by atoms with van der Waals surface area (Å²) in [6.07, 6.45) is 1.62. The van der Waals surface area contributed by atoms with Crippen molar-refractivity contribution in [1.82, 2.24) is 15.5 Å². The van der Waals surface area contributed by atoms with Crippen LogP contribution in [0, 0.1) is 6.92 Å². The van der Waals surface area contributed by atoms with Crippen LogP contribution >= 0.6 is 0 Å². The number of rotatable bonds is 3. The molecule has 1 aromatic heterocycles. The molecule has 9 nitrogen and oxygen atoms in total. The number of ether oxygens (including phenoxy) is 1. The highest BCUT2D eigenvalue weighted by Crippen LogP contribution is 2.41. The maximum Gasteiger partial charge on any atom is 0.290 e. The summed E-state index contributed by atoms with van der Waals surface area (Å²) in [6.45, 7) is 7.45. The van der Waals surface area contributed by atoms with Crippen LogP contribution in [-0.2, 0) is 14.3 Å². The highest BCUT2D eigenvalue weighted by Gasteiger charge is 2.53. The van der Waals surface area contributed by atoms with E-state index in [0.717, 1.165) is 35.4 Å². The molecule has 174 valence electrons. The lowest BCUT2D eigenvalue weighted by atomic mass is 9.73. The zero-order valence-corrected chi connectivity index (χ0v) is 18.9. The van der Waals surface area contributed by atoms with Gasteiger partial charge in [0.05, 0.1) is 16.8 Å². The molecule has 2 fully saturated rings. The molecular formula is C23H32N4O5. The third-order valence-corrected chi connectivity index (χ3v) is 6.62. The number of hydrogen-bond acceptors (Lipinski definition) is 7. The number of aromatic nitrogens is 2. The molecule has 0 saturated carbocycles. The predicted molar refractivity (Wildman–Crippen MR) is 121 cm³/mol. The molecule has 3 N–H and O–H groups in total. The van der Waals surface area contributed by atoms with Crippen LogP contribution in [0.5, 0.6) is 0 Å². The minimum absolute atomic E-state index is 0.0394. The third kappa shape index (κ3) is 4.54. The lowest BCUT2D eigenvalue weighted by Gasteiger charge is -2.53. The average molecular weight is 445 g/mol. The van der Waals surface area contributed by atoms with E-state index >= 15 is 0 Å². The fourth-order valence-electron chi connectivity index (χ4n) is 4.77. The first-order chi connectivity index (χ1) is 15.3. The SMILES string of the molecule is CCC(=O)N[C@@]1(C)CCOC2(CCN(c3nnc(C)c4ccccc34)CC2)[C@@H]1O.O=CO. The first-order valence-corrected chi connectivity index (χ1v) is 11.0. The third-order valence-electron chi connectivity index (χ3n) is 6.62. The van der Waals surface area contributed by atoms with Crippen molar-refractivity contribution in [3.8, 4) is 0 Å². The second kappa shape index (κ2) is 9.79. The van der Waals surface area contributed by atoms with Gasteiger partial charge in [-0.2, -0.15) is 5.10 Å². The fraction of sp³-hybridized carbons (Fsp3) is 0.565. The number of aliphatic hydroxyl groups excluding tert-OH is 1. The largest absolute Gasteiger partial charge is 0.483 e. The molecule has 0 unspecified atom stereocenters. The van der Waals surface area contributed by atoms with Gasteiger partial charge in [-0.05, 0) is 33.1 Å². The molecule has 2 aromatic rings. The Hall–Kier alpha value is -2.78. The molecule has 1 amide bonds. The average Bonchev–Trinajstić information content (AvgIpc) is 2.79. The van der Waals surface area contributed by atoms with Gasteiger partial charge in [0.1, 0.15) is 6.10 Å². The Kier molecular flexibility index (Phi) is 7.30. The van der Waals surface area contributed by atoms with E-state index in [1.165, 1.54) is 0 Å². The lowest BCUT2D eigenvalue weighted by Crippen LogP contribution is -2.69. The number of anilines is 1. The van der Waals surface area contributed by atoms with E-state index in [1.807, 2.05) is 32.9 Å². The molecule has 3 heterocycles. The summed E-state index contributed by atoms with van der Waals surface area (Å²) < 4.78 is 6.16. The maximum absolute atomic E-state index is 12.0. The first-order valence-electron chi connectivity index (χ1n) is 11.0. The van der Waals surface area contributed by atoms with Gasteiger partial charge in [0, 0.05) is 36.9 Å². The van der Waals surface area contributed by atoms with Crippen LogP contribution in [0.2, 0.25) is 0 Å². The van der Waals surface area contributed by atoms with Gasteiger partial charge in [-0.25, -0.2) is 0 Å². The Labute approximate surface area is 187 Å². The lowest BCUT2D eigenvalue weighted by molar-refractivity contribution is -0.198. The van der Waals surface area contributed by atoms with Crippen LogP contribution in [0.3, 0.4) is 0 Å². The van der Waals surface area contributed by atoms with Crippen molar-refractivity contribution >= 4 is 29.0 Å². The number of piperidine rings is 1. The fourth-order valence-corrected chi connectivity index (χ4v) is 4.77. The van der Waals surface area contributed by atoms with Crippen molar-refractivity contribution in [2.45, 2.75) is 63.7 Å². The van der Waals surface area contributed by atoms with Crippen molar-refractivity contribution in [2.75, 3.05) is 24.6 Å². The Bertz CT molecular complexity index is 961. The normalized spacial score (nSPS) is 24.5. The Morgan fingerprint density at radius 2 is 1.88 bits per heavy atom. The van der Waals surface area contributed by atoms with E-state index in [2.05, 4.69) is 32.5 Å². The number of carboxylic acid groups (broad SMARTS) is 1. The van der Waals surface area contributed by atoms with Gasteiger partial charge in [0.2, 0.25) is 5.91 Å². The summed E-state index contributed by atoms with van der Waals surface area (Å²) in [5.41, 5.74) is -0.381. The number of amides is 1. The molecular weight excluding hydrogens is 412 g/mol. The molecule has 4 rings (SSSR count). The number of aliphatic hydroxyl groups is 1. The minimum atomic E-state index is -0.748. The van der Waals surface area contributed by atoms with Crippen molar-refractivity contribution in [1.29, 1.82) is 0 Å². The molecule has 2 atom stereocenters. The van der Waals surface area contributed by atoms with E-state index in [9.17, 15) is 9.90 Å². The van der Waals surface area contributed by atoms with Crippen LogP contribution in [0.25, 0.3) is 10.8 Å². The van der Waals surface area contributed by atoms with Gasteiger partial charge in [-0.15, -0.1) is 5.10 Å². The molecule has 2 aliphatic rings. The van der Waals surface area contributed by atoms with Crippen molar-refractivity contribution in [3.63, 3.8) is 0 Å². The van der Waals surface area contributed by atoms with E-state index in [0.29, 0.717) is 32.3 Å². The molecule has 0 radical (unpaired) electrons. The number of benzene rings is 1. The van der Waals surface area contributed by atoms with Crippen molar-refractivity contribution in [3.05, 3.63) is 30.0 Å². The highest BCUT2D eigenvalue weighted by atomic mass is 16.5. The van der Waals surface area contributed by atoms with E-state index < -0.39 is 17.2 Å². The van der Waals surface area contributed by atoms with Crippen molar-refractivity contribution < 1.29 is 24.5 Å². The number of aryl methyl sites for hydroxylation is 1. The summed E-state index contributed by atoms with van der Waals surface area (Å²) >= 11 is 0. The van der Waals surface area contributed by atoms with Crippen LogP contribution in [0.15, 0.2) is 24.3 Å². The molecule has 1 spiro atoms. The molecule has 2 saturated heterocycles. The summed E-state index contributed by atoms with van der Waals surface area (Å²) in [6, 6.07) is 8.20. The molecule has 32 heavy (non-hydrogen) atoms. The molecule has 2 aliphatic heterocycles. The number of nitrogens with zero attached hydrogens (tertiary/aromatic N) is 3. The summed E-state index contributed by atoms with van der Waals surface area (Å²) in [4.78, 5) is 22.6. The first kappa shape index (κ1) is 23.9. The van der Waals surface area contributed by atoms with E-state index in [-0.39, 0.29) is 12.4 Å². The summed E-state index contributed by atoms with van der Waals surface area (Å²) in [5.74, 6) is 0.843. The molecule has 0 bridgehead atoms. The predicted octanol–water partition coefficient (Wildman–Crippen LogP) is 2.04. The van der Waals surface area contributed by atoms with Gasteiger partial charge in [-0.1, -0.05) is 31.2 Å². The highest BCUT2D eigenvalue weighted by molar-refractivity contribution is 5.93. The quantitative estimate of drug-likeness (QED) is 0.615. The van der Waals surface area contributed by atoms with Gasteiger partial charge in [-0.3, -0.25) is 9.59 Å². The smallest absolute Gasteiger partial charge is 0.290 e. The van der Waals surface area contributed by atoms with Gasteiger partial charge in [0.25, 0.3) is 6.47 Å². The monoisotopic (exact) mass is 444 g/mol.